The molecule has 35 heavy (non-hydrogen) atoms. The van der Waals surface area contributed by atoms with Crippen molar-refractivity contribution in [3.05, 3.63) is 60.0 Å². The Kier molecular flexibility index (Phi) is 6.97. The highest BCUT2D eigenvalue weighted by Crippen LogP contribution is 2.39. The number of ether oxygens (including phenoxy) is 1. The second kappa shape index (κ2) is 10.1. The minimum absolute atomic E-state index is 0.357. The molecule has 5 heteroatoms. The maximum absolute atomic E-state index is 6.41. The molecule has 5 rings (SSSR count). The Labute approximate surface area is 210 Å². The van der Waals surface area contributed by atoms with Gasteiger partial charge < -0.3 is 9.64 Å². The van der Waals surface area contributed by atoms with Gasteiger partial charge in [-0.25, -0.2) is 9.97 Å². The molecule has 5 nitrogen and oxygen atoms in total. The molecule has 0 spiro atoms. The van der Waals surface area contributed by atoms with Crippen molar-refractivity contribution in [2.24, 2.45) is 11.3 Å². The maximum Gasteiger partial charge on any atom is 0.132 e. The van der Waals surface area contributed by atoms with Crippen LogP contribution in [0.2, 0.25) is 0 Å². The van der Waals surface area contributed by atoms with Crippen LogP contribution >= 0.6 is 0 Å². The minimum Gasteiger partial charge on any atom is -0.490 e. The van der Waals surface area contributed by atoms with Crippen molar-refractivity contribution in [1.82, 2.24) is 14.9 Å². The van der Waals surface area contributed by atoms with Crippen LogP contribution in [-0.4, -0.2) is 47.2 Å². The third-order valence-electron chi connectivity index (χ3n) is 7.94. The quantitative estimate of drug-likeness (QED) is 0.439. The van der Waals surface area contributed by atoms with E-state index in [1.54, 1.807) is 0 Å². The van der Waals surface area contributed by atoms with Gasteiger partial charge in [0, 0.05) is 38.9 Å². The van der Waals surface area contributed by atoms with E-state index in [1.165, 1.54) is 42.0 Å². The number of nitrogens with zero attached hydrogens (tertiary/aromatic N) is 4. The fourth-order valence-electron chi connectivity index (χ4n) is 5.70. The molecule has 0 radical (unpaired) electrons. The molecule has 3 aromatic rings. The van der Waals surface area contributed by atoms with Crippen molar-refractivity contribution in [2.45, 2.75) is 66.0 Å². The third kappa shape index (κ3) is 5.95. The second-order valence-corrected chi connectivity index (χ2v) is 11.5. The Morgan fingerprint density at radius 3 is 2.31 bits per heavy atom. The average Bonchev–Trinajstić information content (AvgIpc) is 2.84. The first-order valence-corrected chi connectivity index (χ1v) is 13.3. The average molecular weight is 473 g/mol. The summed E-state index contributed by atoms with van der Waals surface area (Å²) in [6.07, 6.45) is 7.10. The predicted molar refractivity (Wildman–Crippen MR) is 144 cm³/mol. The lowest BCUT2D eigenvalue weighted by Crippen LogP contribution is -2.46. The molecule has 2 heterocycles. The van der Waals surface area contributed by atoms with E-state index in [0.29, 0.717) is 11.5 Å². The zero-order chi connectivity index (χ0) is 24.4. The van der Waals surface area contributed by atoms with Crippen molar-refractivity contribution in [3.63, 3.8) is 0 Å². The molecular formula is C30H40N4O. The van der Waals surface area contributed by atoms with Gasteiger partial charge in [-0.1, -0.05) is 39.0 Å². The Balaban J connectivity index is 1.15. The molecule has 1 saturated carbocycles. The largest absolute Gasteiger partial charge is 0.490 e. The molecule has 2 aromatic carbocycles. The highest BCUT2D eigenvalue weighted by atomic mass is 16.5. The fraction of sp³-hybridized carbons (Fsp3) is 0.533. The highest BCUT2D eigenvalue weighted by molar-refractivity contribution is 5.84. The summed E-state index contributed by atoms with van der Waals surface area (Å²) >= 11 is 0. The summed E-state index contributed by atoms with van der Waals surface area (Å²) in [7, 11) is 0. The van der Waals surface area contributed by atoms with Gasteiger partial charge in [0.05, 0.1) is 6.10 Å². The number of rotatable bonds is 5. The van der Waals surface area contributed by atoms with E-state index >= 15 is 0 Å². The van der Waals surface area contributed by atoms with E-state index in [1.807, 2.05) is 19.2 Å². The summed E-state index contributed by atoms with van der Waals surface area (Å²) in [4.78, 5) is 13.7. The van der Waals surface area contributed by atoms with Gasteiger partial charge in [0.2, 0.25) is 0 Å². The smallest absolute Gasteiger partial charge is 0.132 e. The number of fused-ring (bicyclic) bond motifs is 1. The van der Waals surface area contributed by atoms with E-state index in [0.717, 1.165) is 56.0 Å². The number of aromatic nitrogens is 2. The lowest BCUT2D eigenvalue weighted by Gasteiger charge is -2.37. The van der Waals surface area contributed by atoms with Crippen molar-refractivity contribution in [1.29, 1.82) is 0 Å². The van der Waals surface area contributed by atoms with Crippen molar-refractivity contribution in [2.75, 3.05) is 31.1 Å². The molecule has 0 atom stereocenters. The first-order chi connectivity index (χ1) is 16.8. The zero-order valence-corrected chi connectivity index (χ0v) is 21.8. The summed E-state index contributed by atoms with van der Waals surface area (Å²) in [5, 5.41) is 2.56. The Morgan fingerprint density at radius 1 is 0.886 bits per heavy atom. The molecule has 0 amide bonds. The van der Waals surface area contributed by atoms with Crippen LogP contribution in [0.5, 0.6) is 5.75 Å². The van der Waals surface area contributed by atoms with Gasteiger partial charge >= 0.3 is 0 Å². The summed E-state index contributed by atoms with van der Waals surface area (Å²) in [5.41, 5.74) is 1.79. The number of piperazine rings is 1. The van der Waals surface area contributed by atoms with Crippen LogP contribution in [0.15, 0.2) is 48.7 Å². The number of hydrogen-bond donors (Lipinski definition) is 0. The SMILES string of the molecule is Cc1nccc(N2CCN(Cc3ccc4cc(OC5CCC(C(C)(C)C)CC5)ccc4c3)CC2)n1. The van der Waals surface area contributed by atoms with E-state index < -0.39 is 0 Å². The molecule has 0 unspecified atom stereocenters. The Bertz CT molecular complexity index is 1140. The predicted octanol–water partition coefficient (Wildman–Crippen LogP) is 6.24. The van der Waals surface area contributed by atoms with Crippen LogP contribution in [0.25, 0.3) is 10.8 Å². The summed E-state index contributed by atoms with van der Waals surface area (Å²) in [6.45, 7) is 14.2. The van der Waals surface area contributed by atoms with Gasteiger partial charge in [-0.05, 0) is 84.5 Å². The molecule has 186 valence electrons. The monoisotopic (exact) mass is 472 g/mol. The number of hydrogen-bond acceptors (Lipinski definition) is 5. The van der Waals surface area contributed by atoms with E-state index in [-0.39, 0.29) is 0 Å². The molecule has 2 aliphatic rings. The van der Waals surface area contributed by atoms with E-state index in [4.69, 9.17) is 4.74 Å². The number of aryl methyl sites for hydroxylation is 1. The molecule has 0 bridgehead atoms. The topological polar surface area (TPSA) is 41.5 Å². The molecule has 2 fully saturated rings. The van der Waals surface area contributed by atoms with Gasteiger partial charge in [0.25, 0.3) is 0 Å². The minimum atomic E-state index is 0.357. The Morgan fingerprint density at radius 2 is 1.60 bits per heavy atom. The lowest BCUT2D eigenvalue weighted by molar-refractivity contribution is 0.0883. The van der Waals surface area contributed by atoms with E-state index in [2.05, 4.69) is 76.9 Å². The van der Waals surface area contributed by atoms with Gasteiger partial charge in [-0.2, -0.15) is 0 Å². The van der Waals surface area contributed by atoms with Gasteiger partial charge in [-0.15, -0.1) is 0 Å². The van der Waals surface area contributed by atoms with Gasteiger partial charge in [-0.3, -0.25) is 4.90 Å². The van der Waals surface area contributed by atoms with E-state index in [9.17, 15) is 0 Å². The van der Waals surface area contributed by atoms with Crippen LogP contribution < -0.4 is 9.64 Å². The standard InChI is InChI=1S/C30H40N4O/c1-22-31-14-13-29(32-22)34-17-15-33(16-18-34)21-23-5-6-25-20-28(10-7-24(25)19-23)35-27-11-8-26(9-12-27)30(2,3)4/h5-7,10,13-14,19-20,26-27H,8-9,11-12,15-18,21H2,1-4H3. The Hall–Kier alpha value is -2.66. The molecule has 1 aromatic heterocycles. The van der Waals surface area contributed by atoms with Gasteiger partial charge in [0.15, 0.2) is 0 Å². The zero-order valence-electron chi connectivity index (χ0n) is 21.8. The second-order valence-electron chi connectivity index (χ2n) is 11.5. The molecular weight excluding hydrogens is 432 g/mol. The lowest BCUT2D eigenvalue weighted by atomic mass is 9.72. The van der Waals surface area contributed by atoms with Crippen molar-refractivity contribution >= 4 is 16.6 Å². The maximum atomic E-state index is 6.41. The highest BCUT2D eigenvalue weighted by Gasteiger charge is 2.30. The van der Waals surface area contributed by atoms with Crippen molar-refractivity contribution in [3.8, 4) is 5.75 Å². The van der Waals surface area contributed by atoms with Crippen LogP contribution in [0, 0.1) is 18.3 Å². The van der Waals surface area contributed by atoms with Crippen molar-refractivity contribution < 1.29 is 4.74 Å². The van der Waals surface area contributed by atoms with Gasteiger partial charge in [0.1, 0.15) is 17.4 Å². The third-order valence-corrected chi connectivity index (χ3v) is 7.94. The summed E-state index contributed by atoms with van der Waals surface area (Å²) in [5.74, 6) is 3.71. The summed E-state index contributed by atoms with van der Waals surface area (Å²) in [6, 6.07) is 15.5. The first-order valence-electron chi connectivity index (χ1n) is 13.3. The molecule has 1 aliphatic carbocycles. The molecule has 0 N–H and O–H groups in total. The summed E-state index contributed by atoms with van der Waals surface area (Å²) < 4.78 is 6.41. The van der Waals surface area contributed by atoms with Crippen LogP contribution in [-0.2, 0) is 6.54 Å². The first kappa shape index (κ1) is 24.1. The van der Waals surface area contributed by atoms with Crippen LogP contribution in [0.1, 0.15) is 57.8 Å². The number of benzene rings is 2. The number of anilines is 1. The molecule has 1 saturated heterocycles. The fourth-order valence-corrected chi connectivity index (χ4v) is 5.70. The normalized spacial score (nSPS) is 21.9. The van der Waals surface area contributed by atoms with Crippen LogP contribution in [0.3, 0.4) is 0 Å². The molecule has 1 aliphatic heterocycles. The van der Waals surface area contributed by atoms with Crippen LogP contribution in [0.4, 0.5) is 5.82 Å².